The first-order valence-corrected chi connectivity index (χ1v) is 13.3. The molecule has 9 heteroatoms. The van der Waals surface area contributed by atoms with Crippen molar-refractivity contribution in [3.8, 4) is 35.0 Å². The summed E-state index contributed by atoms with van der Waals surface area (Å²) < 4.78 is 24.2. The number of hydrogen-bond donors (Lipinski definition) is 1. The Balaban J connectivity index is 1.29. The van der Waals surface area contributed by atoms with Crippen molar-refractivity contribution in [2.45, 2.75) is 37.0 Å². The van der Waals surface area contributed by atoms with Crippen LogP contribution >= 0.6 is 0 Å². The highest BCUT2D eigenvalue weighted by molar-refractivity contribution is 5.62. The molecule has 202 valence electrons. The Morgan fingerprint density at radius 3 is 2.23 bits per heavy atom. The molecule has 7 rings (SSSR count). The molecule has 0 bridgehead atoms. The molecule has 0 radical (unpaired) electrons. The van der Waals surface area contributed by atoms with Crippen LogP contribution in [0.15, 0.2) is 84.9 Å². The van der Waals surface area contributed by atoms with Crippen LogP contribution in [-0.4, -0.2) is 45.9 Å². The monoisotopic (exact) mass is 536 g/mol. The van der Waals surface area contributed by atoms with Gasteiger partial charge in [0.2, 0.25) is 5.95 Å². The minimum atomic E-state index is -0.544. The van der Waals surface area contributed by atoms with E-state index in [-0.39, 0.29) is 23.5 Å². The average molecular weight is 537 g/mol. The zero-order chi connectivity index (χ0) is 27.1. The van der Waals surface area contributed by atoms with Crippen molar-refractivity contribution in [2.24, 2.45) is 0 Å². The van der Waals surface area contributed by atoms with E-state index in [1.54, 1.807) is 7.11 Å². The lowest BCUT2D eigenvalue weighted by atomic mass is 9.69. The second kappa shape index (κ2) is 9.84. The zero-order valence-electron chi connectivity index (χ0n) is 21.9. The highest BCUT2D eigenvalue weighted by Gasteiger charge is 2.53. The van der Waals surface area contributed by atoms with E-state index < -0.39 is 6.10 Å². The van der Waals surface area contributed by atoms with Crippen molar-refractivity contribution in [3.63, 3.8) is 0 Å². The van der Waals surface area contributed by atoms with Crippen LogP contribution in [0.4, 0.5) is 5.95 Å². The molecule has 3 aliphatic rings. The number of aliphatic hydroxyl groups excluding tert-OH is 1. The van der Waals surface area contributed by atoms with E-state index in [0.717, 1.165) is 23.3 Å². The number of para-hydroxylation sites is 2. The topological polar surface area (TPSA) is 99.1 Å². The molecule has 0 fully saturated rings. The summed E-state index contributed by atoms with van der Waals surface area (Å²) in [5, 5.41) is 10.4. The van der Waals surface area contributed by atoms with Gasteiger partial charge in [-0.05, 0) is 42.3 Å². The summed E-state index contributed by atoms with van der Waals surface area (Å²) in [6.45, 7) is 1.18. The predicted molar refractivity (Wildman–Crippen MR) is 147 cm³/mol. The number of nitrogens with zero attached hydrogens (tertiary/aromatic N) is 4. The van der Waals surface area contributed by atoms with Crippen LogP contribution in [0, 0.1) is 0 Å². The van der Waals surface area contributed by atoms with Crippen molar-refractivity contribution >= 4 is 5.95 Å². The Morgan fingerprint density at radius 1 is 0.900 bits per heavy atom. The van der Waals surface area contributed by atoms with Crippen LogP contribution in [-0.2, 0) is 12.0 Å². The third-order valence-electron chi connectivity index (χ3n) is 7.73. The molecular weight excluding hydrogens is 508 g/mol. The highest BCUT2D eigenvalue weighted by atomic mass is 16.5. The summed E-state index contributed by atoms with van der Waals surface area (Å²) in [4.78, 5) is 16.0. The molecule has 1 N–H and O–H groups in total. The first kappa shape index (κ1) is 24.4. The minimum Gasteiger partial charge on any atom is -0.493 e. The number of methoxy groups -OCH3 is 1. The first-order valence-electron chi connectivity index (χ1n) is 13.3. The Labute approximate surface area is 231 Å². The molecule has 1 spiro atoms. The fourth-order valence-electron chi connectivity index (χ4n) is 5.86. The zero-order valence-corrected chi connectivity index (χ0v) is 21.9. The summed E-state index contributed by atoms with van der Waals surface area (Å²) in [6.07, 6.45) is 4.52. The van der Waals surface area contributed by atoms with E-state index in [0.29, 0.717) is 42.7 Å². The molecule has 2 aliphatic heterocycles. The molecule has 0 saturated heterocycles. The largest absolute Gasteiger partial charge is 0.493 e. The van der Waals surface area contributed by atoms with Crippen molar-refractivity contribution < 1.29 is 24.1 Å². The summed E-state index contributed by atoms with van der Waals surface area (Å²) in [5.74, 6) is 3.12. The van der Waals surface area contributed by atoms with Gasteiger partial charge >= 0.3 is 12.0 Å². The van der Waals surface area contributed by atoms with E-state index in [2.05, 4.69) is 22.0 Å². The molecule has 3 aromatic carbocycles. The number of anilines is 1. The van der Waals surface area contributed by atoms with Crippen LogP contribution in [0.25, 0.3) is 0 Å². The standard InChI is InChI=1S/C31H28N4O5/c1-37-24-13-12-20-19-35(17-16-31-15-14-21(36)18-25(31)40-27(24)26(20)31)28-32-29(38-22-8-4-2-5-9-22)34-30(33-28)39-23-10-6-3-7-11-23/h2-15,21,25,36H,16-19H2,1H3/t21-,25?,31?/m0/s1. The third kappa shape index (κ3) is 4.28. The fraction of sp³-hybridized carbons (Fsp3) is 0.258. The van der Waals surface area contributed by atoms with E-state index in [9.17, 15) is 5.11 Å². The van der Waals surface area contributed by atoms with Gasteiger partial charge in [0.15, 0.2) is 11.5 Å². The van der Waals surface area contributed by atoms with Crippen LogP contribution in [0.1, 0.15) is 24.0 Å². The summed E-state index contributed by atoms with van der Waals surface area (Å²) in [7, 11) is 1.65. The van der Waals surface area contributed by atoms with Gasteiger partial charge in [0, 0.05) is 25.1 Å². The van der Waals surface area contributed by atoms with Crippen molar-refractivity contribution in [1.82, 2.24) is 15.0 Å². The van der Waals surface area contributed by atoms with Gasteiger partial charge in [-0.2, -0.15) is 9.97 Å². The highest BCUT2D eigenvalue weighted by Crippen LogP contribution is 2.56. The maximum atomic E-state index is 10.4. The van der Waals surface area contributed by atoms with E-state index >= 15 is 0 Å². The quantitative estimate of drug-likeness (QED) is 0.334. The number of ether oxygens (including phenoxy) is 4. The van der Waals surface area contributed by atoms with Gasteiger partial charge in [-0.3, -0.25) is 0 Å². The summed E-state index contributed by atoms with van der Waals surface area (Å²) in [5.41, 5.74) is 1.82. The molecule has 1 aliphatic carbocycles. The van der Waals surface area contributed by atoms with Gasteiger partial charge in [0.05, 0.1) is 18.6 Å². The molecule has 0 saturated carbocycles. The Morgan fingerprint density at radius 2 is 1.57 bits per heavy atom. The number of hydrogen-bond acceptors (Lipinski definition) is 9. The number of aliphatic hydroxyl groups is 1. The van der Waals surface area contributed by atoms with E-state index in [1.807, 2.05) is 72.8 Å². The Kier molecular flexibility index (Phi) is 6.00. The van der Waals surface area contributed by atoms with Gasteiger partial charge in [0.1, 0.15) is 17.6 Å². The van der Waals surface area contributed by atoms with E-state index in [1.165, 1.54) is 0 Å². The second-order valence-electron chi connectivity index (χ2n) is 10.1. The smallest absolute Gasteiger partial charge is 0.330 e. The van der Waals surface area contributed by atoms with Gasteiger partial charge < -0.3 is 29.0 Å². The van der Waals surface area contributed by atoms with Gasteiger partial charge in [0.25, 0.3) is 0 Å². The lowest BCUT2D eigenvalue weighted by molar-refractivity contribution is 0.0856. The number of benzene rings is 3. The molecule has 9 nitrogen and oxygen atoms in total. The second-order valence-corrected chi connectivity index (χ2v) is 10.1. The molecular formula is C31H28N4O5. The number of aromatic nitrogens is 3. The molecule has 0 amide bonds. The Bertz CT molecular complexity index is 1510. The molecule has 2 unspecified atom stereocenters. The van der Waals surface area contributed by atoms with Crippen LogP contribution in [0.2, 0.25) is 0 Å². The summed E-state index contributed by atoms with van der Waals surface area (Å²) in [6, 6.07) is 23.1. The lowest BCUT2D eigenvalue weighted by Crippen LogP contribution is -2.43. The molecule has 40 heavy (non-hydrogen) atoms. The van der Waals surface area contributed by atoms with E-state index in [4.69, 9.17) is 28.9 Å². The normalized spacial score (nSPS) is 22.5. The predicted octanol–water partition coefficient (Wildman–Crippen LogP) is 5.19. The van der Waals surface area contributed by atoms with Crippen LogP contribution in [0.5, 0.6) is 35.0 Å². The van der Waals surface area contributed by atoms with Gasteiger partial charge in [-0.15, -0.1) is 4.98 Å². The molecule has 1 aromatic heterocycles. The van der Waals surface area contributed by atoms with Gasteiger partial charge in [-0.25, -0.2) is 0 Å². The molecule has 3 heterocycles. The molecule has 3 atom stereocenters. The number of rotatable bonds is 6. The maximum absolute atomic E-state index is 10.4. The third-order valence-corrected chi connectivity index (χ3v) is 7.73. The van der Waals surface area contributed by atoms with Crippen LogP contribution in [0.3, 0.4) is 0 Å². The van der Waals surface area contributed by atoms with Crippen molar-refractivity contribution in [2.75, 3.05) is 18.6 Å². The SMILES string of the molecule is COc1ccc2c3c1OC1C[C@@H](O)C=CC31CCN(c1nc(Oc3ccccc3)nc(Oc3ccccc3)n1)C2. The summed E-state index contributed by atoms with van der Waals surface area (Å²) >= 11 is 0. The van der Waals surface area contributed by atoms with Gasteiger partial charge in [-0.1, -0.05) is 54.6 Å². The average Bonchev–Trinajstić information content (AvgIpc) is 3.20. The van der Waals surface area contributed by atoms with Crippen molar-refractivity contribution in [1.29, 1.82) is 0 Å². The molecule has 4 aromatic rings. The minimum absolute atomic E-state index is 0.144. The maximum Gasteiger partial charge on any atom is 0.330 e. The van der Waals surface area contributed by atoms with Crippen molar-refractivity contribution in [3.05, 3.63) is 96.1 Å². The fourth-order valence-corrected chi connectivity index (χ4v) is 5.86. The first-order chi connectivity index (χ1) is 19.6. The Hall–Kier alpha value is -4.63. The lowest BCUT2D eigenvalue weighted by Gasteiger charge is -2.35. The van der Waals surface area contributed by atoms with Crippen LogP contribution < -0.4 is 23.8 Å².